The summed E-state index contributed by atoms with van der Waals surface area (Å²) in [4.78, 5) is 6.38. The summed E-state index contributed by atoms with van der Waals surface area (Å²) in [7, 11) is 3.99. The monoisotopic (exact) mass is 319 g/mol. The van der Waals surface area contributed by atoms with Gasteiger partial charge in [-0.05, 0) is 36.2 Å². The van der Waals surface area contributed by atoms with Crippen molar-refractivity contribution in [2.24, 2.45) is 0 Å². The van der Waals surface area contributed by atoms with E-state index in [4.69, 9.17) is 0 Å². The molecular formula is C15H18BrN3. The second-order valence-corrected chi connectivity index (χ2v) is 5.56. The zero-order valence-electron chi connectivity index (χ0n) is 11.4. The number of pyridine rings is 1. The van der Waals surface area contributed by atoms with E-state index in [9.17, 15) is 0 Å². The summed E-state index contributed by atoms with van der Waals surface area (Å²) in [6.45, 7) is 2.87. The second-order valence-electron chi connectivity index (χ2n) is 4.71. The van der Waals surface area contributed by atoms with Gasteiger partial charge in [-0.2, -0.15) is 0 Å². The molecule has 0 aliphatic heterocycles. The van der Waals surface area contributed by atoms with E-state index in [2.05, 4.69) is 51.4 Å². The largest absolute Gasteiger partial charge is 0.378 e. The molecule has 1 aromatic carbocycles. The van der Waals surface area contributed by atoms with Crippen molar-refractivity contribution in [1.82, 2.24) is 4.98 Å². The minimum absolute atomic E-state index is 0.783. The summed E-state index contributed by atoms with van der Waals surface area (Å²) in [5.41, 5.74) is 3.54. The molecule has 19 heavy (non-hydrogen) atoms. The first-order valence-electron chi connectivity index (χ1n) is 6.19. The Hall–Kier alpha value is -1.55. The van der Waals surface area contributed by atoms with Crippen LogP contribution in [0.1, 0.15) is 11.1 Å². The predicted molar refractivity (Wildman–Crippen MR) is 84.8 cm³/mol. The highest BCUT2D eigenvalue weighted by Crippen LogP contribution is 2.22. The minimum Gasteiger partial charge on any atom is -0.378 e. The Bertz CT molecular complexity index is 567. The van der Waals surface area contributed by atoms with Gasteiger partial charge in [-0.25, -0.2) is 4.98 Å². The molecular weight excluding hydrogens is 302 g/mol. The van der Waals surface area contributed by atoms with Gasteiger partial charge in [-0.15, -0.1) is 0 Å². The van der Waals surface area contributed by atoms with Crippen molar-refractivity contribution >= 4 is 27.4 Å². The van der Waals surface area contributed by atoms with Gasteiger partial charge in [0.1, 0.15) is 0 Å². The Morgan fingerprint density at radius 1 is 1.26 bits per heavy atom. The average molecular weight is 320 g/mol. The molecule has 0 fully saturated rings. The molecule has 0 spiro atoms. The standard InChI is InChI=1S/C15H18BrN3/c1-11-6-7-12(9-13(11)16)10-18-14-5-4-8-17-15(14)19(2)3/h4-9,18H,10H2,1-3H3. The molecule has 0 unspecified atom stereocenters. The maximum absolute atomic E-state index is 4.38. The molecule has 0 amide bonds. The molecule has 0 saturated carbocycles. The lowest BCUT2D eigenvalue weighted by Gasteiger charge is -2.17. The number of nitrogens with one attached hydrogen (secondary N) is 1. The fourth-order valence-electron chi connectivity index (χ4n) is 1.83. The summed E-state index contributed by atoms with van der Waals surface area (Å²) in [5, 5.41) is 3.43. The van der Waals surface area contributed by atoms with Crippen LogP contribution < -0.4 is 10.2 Å². The first kappa shape index (κ1) is 13.9. The van der Waals surface area contributed by atoms with Gasteiger partial charge in [0, 0.05) is 31.3 Å². The summed E-state index contributed by atoms with van der Waals surface area (Å²) >= 11 is 3.56. The van der Waals surface area contributed by atoms with Gasteiger partial charge in [-0.1, -0.05) is 28.1 Å². The van der Waals surface area contributed by atoms with Crippen LogP contribution in [-0.2, 0) is 6.54 Å². The van der Waals surface area contributed by atoms with Crippen LogP contribution in [0, 0.1) is 6.92 Å². The minimum atomic E-state index is 0.783. The van der Waals surface area contributed by atoms with E-state index >= 15 is 0 Å². The molecule has 0 radical (unpaired) electrons. The van der Waals surface area contributed by atoms with Crippen molar-refractivity contribution in [2.75, 3.05) is 24.3 Å². The summed E-state index contributed by atoms with van der Waals surface area (Å²) in [5.74, 6) is 0.952. The van der Waals surface area contributed by atoms with Crippen LogP contribution in [0.2, 0.25) is 0 Å². The van der Waals surface area contributed by atoms with Gasteiger partial charge < -0.3 is 10.2 Å². The van der Waals surface area contributed by atoms with Crippen molar-refractivity contribution < 1.29 is 0 Å². The Labute approximate surface area is 122 Å². The highest BCUT2D eigenvalue weighted by molar-refractivity contribution is 9.10. The predicted octanol–water partition coefficient (Wildman–Crippen LogP) is 3.83. The molecule has 0 saturated heterocycles. The van der Waals surface area contributed by atoms with Gasteiger partial charge in [-0.3, -0.25) is 0 Å². The van der Waals surface area contributed by atoms with E-state index in [0.29, 0.717) is 0 Å². The van der Waals surface area contributed by atoms with E-state index in [1.165, 1.54) is 11.1 Å². The SMILES string of the molecule is Cc1ccc(CNc2cccnc2N(C)C)cc1Br. The van der Waals surface area contributed by atoms with Crippen molar-refractivity contribution in [3.63, 3.8) is 0 Å². The summed E-state index contributed by atoms with van der Waals surface area (Å²) in [6, 6.07) is 10.4. The summed E-state index contributed by atoms with van der Waals surface area (Å²) < 4.78 is 1.14. The van der Waals surface area contributed by atoms with Gasteiger partial charge >= 0.3 is 0 Å². The smallest absolute Gasteiger partial charge is 0.151 e. The number of aromatic nitrogens is 1. The number of benzene rings is 1. The Balaban J connectivity index is 2.12. The third kappa shape index (κ3) is 3.47. The highest BCUT2D eigenvalue weighted by Gasteiger charge is 2.05. The van der Waals surface area contributed by atoms with Crippen LogP contribution in [-0.4, -0.2) is 19.1 Å². The molecule has 100 valence electrons. The number of hydrogen-bond acceptors (Lipinski definition) is 3. The topological polar surface area (TPSA) is 28.2 Å². The third-order valence-corrected chi connectivity index (χ3v) is 3.78. The van der Waals surface area contributed by atoms with Gasteiger partial charge in [0.15, 0.2) is 5.82 Å². The summed E-state index contributed by atoms with van der Waals surface area (Å²) in [6.07, 6.45) is 1.81. The maximum Gasteiger partial charge on any atom is 0.151 e. The lowest BCUT2D eigenvalue weighted by atomic mass is 10.1. The molecule has 4 heteroatoms. The first-order chi connectivity index (χ1) is 9.08. The van der Waals surface area contributed by atoms with Gasteiger partial charge in [0.2, 0.25) is 0 Å². The molecule has 0 bridgehead atoms. The molecule has 3 nitrogen and oxygen atoms in total. The van der Waals surface area contributed by atoms with Crippen molar-refractivity contribution in [1.29, 1.82) is 0 Å². The molecule has 0 aliphatic carbocycles. The quantitative estimate of drug-likeness (QED) is 0.928. The van der Waals surface area contributed by atoms with Gasteiger partial charge in [0.25, 0.3) is 0 Å². The number of aryl methyl sites for hydroxylation is 1. The molecule has 1 N–H and O–H groups in total. The lowest BCUT2D eigenvalue weighted by Crippen LogP contribution is -2.13. The van der Waals surface area contributed by atoms with E-state index in [1.807, 2.05) is 37.3 Å². The van der Waals surface area contributed by atoms with Crippen LogP contribution in [0.25, 0.3) is 0 Å². The fraction of sp³-hybridized carbons (Fsp3) is 0.267. The van der Waals surface area contributed by atoms with Crippen LogP contribution in [0.15, 0.2) is 41.0 Å². The van der Waals surface area contributed by atoms with E-state index in [1.54, 1.807) is 0 Å². The number of hydrogen-bond donors (Lipinski definition) is 1. The van der Waals surface area contributed by atoms with Crippen LogP contribution in [0.5, 0.6) is 0 Å². The van der Waals surface area contributed by atoms with Crippen LogP contribution in [0.3, 0.4) is 0 Å². The van der Waals surface area contributed by atoms with Crippen molar-refractivity contribution in [3.05, 3.63) is 52.1 Å². The normalized spacial score (nSPS) is 10.3. The number of nitrogens with zero attached hydrogens (tertiary/aromatic N) is 2. The molecule has 1 heterocycles. The fourth-order valence-corrected chi connectivity index (χ4v) is 2.26. The number of halogens is 1. The Kier molecular flexibility index (Phi) is 4.43. The van der Waals surface area contributed by atoms with Crippen molar-refractivity contribution in [3.8, 4) is 0 Å². The molecule has 2 aromatic rings. The Morgan fingerprint density at radius 2 is 2.05 bits per heavy atom. The van der Waals surface area contributed by atoms with Crippen molar-refractivity contribution in [2.45, 2.75) is 13.5 Å². The van der Waals surface area contributed by atoms with Crippen LogP contribution >= 0.6 is 15.9 Å². The average Bonchev–Trinajstić information content (AvgIpc) is 2.40. The zero-order valence-corrected chi connectivity index (χ0v) is 13.0. The van der Waals surface area contributed by atoms with E-state index < -0.39 is 0 Å². The lowest BCUT2D eigenvalue weighted by molar-refractivity contribution is 1.05. The number of rotatable bonds is 4. The number of anilines is 2. The zero-order chi connectivity index (χ0) is 13.8. The third-order valence-electron chi connectivity index (χ3n) is 2.93. The molecule has 0 aliphatic rings. The first-order valence-corrected chi connectivity index (χ1v) is 6.98. The van der Waals surface area contributed by atoms with Crippen LogP contribution in [0.4, 0.5) is 11.5 Å². The maximum atomic E-state index is 4.38. The molecule has 1 aromatic heterocycles. The van der Waals surface area contributed by atoms with E-state index in [0.717, 1.165) is 22.5 Å². The second kappa shape index (κ2) is 6.06. The highest BCUT2D eigenvalue weighted by atomic mass is 79.9. The van der Waals surface area contributed by atoms with Gasteiger partial charge in [0.05, 0.1) is 5.69 Å². The van der Waals surface area contributed by atoms with E-state index in [-0.39, 0.29) is 0 Å². The molecule has 0 atom stereocenters. The molecule has 2 rings (SSSR count). The Morgan fingerprint density at radius 3 is 2.74 bits per heavy atom.